The first-order valence-electron chi connectivity index (χ1n) is 8.64. The number of aryl methyl sites for hydroxylation is 1. The number of nitrogens with one attached hydrogen (secondary N) is 1. The molecule has 1 aliphatic heterocycles. The molecule has 5 nitrogen and oxygen atoms in total. The molecule has 2 aromatic rings. The number of nitrogens with zero attached hydrogens (tertiary/aromatic N) is 3. The number of carbonyl (C=O) groups excluding carboxylic acids is 1. The van der Waals surface area contributed by atoms with Crippen molar-refractivity contribution in [1.82, 2.24) is 14.9 Å². The van der Waals surface area contributed by atoms with Gasteiger partial charge in [0.25, 0.3) is 5.91 Å². The largest absolute Gasteiger partial charge is 0.340 e. The first-order valence-corrected chi connectivity index (χ1v) is 8.64. The van der Waals surface area contributed by atoms with E-state index in [2.05, 4.69) is 22.2 Å². The summed E-state index contributed by atoms with van der Waals surface area (Å²) in [6.45, 7) is 5.00. The number of anilines is 2. The maximum atomic E-state index is 12.8. The molecule has 0 aliphatic carbocycles. The zero-order valence-electron chi connectivity index (χ0n) is 14.3. The van der Waals surface area contributed by atoms with E-state index in [1.54, 1.807) is 6.07 Å². The van der Waals surface area contributed by atoms with Crippen molar-refractivity contribution in [2.75, 3.05) is 11.9 Å². The van der Waals surface area contributed by atoms with Crippen molar-refractivity contribution in [2.24, 2.45) is 0 Å². The van der Waals surface area contributed by atoms with Gasteiger partial charge in [-0.05, 0) is 50.3 Å². The minimum absolute atomic E-state index is 0.0104. The van der Waals surface area contributed by atoms with E-state index in [0.717, 1.165) is 31.5 Å². The third-order valence-electron chi connectivity index (χ3n) is 4.54. The topological polar surface area (TPSA) is 58.1 Å². The van der Waals surface area contributed by atoms with Gasteiger partial charge in [0.1, 0.15) is 17.8 Å². The molecular weight excluding hydrogens is 300 g/mol. The third-order valence-corrected chi connectivity index (χ3v) is 4.54. The molecule has 24 heavy (non-hydrogen) atoms. The SMILES string of the molecule is CCC1CCCCN1C(=O)c1cc(Nc2cccc(C)c2)ncn1. The lowest BCUT2D eigenvalue weighted by atomic mass is 9.99. The number of carbonyl (C=O) groups is 1. The summed E-state index contributed by atoms with van der Waals surface area (Å²) >= 11 is 0. The molecule has 1 amide bonds. The molecule has 2 heterocycles. The van der Waals surface area contributed by atoms with Crippen molar-refractivity contribution in [2.45, 2.75) is 45.6 Å². The van der Waals surface area contributed by atoms with Crippen LogP contribution in [-0.4, -0.2) is 33.4 Å². The van der Waals surface area contributed by atoms with E-state index in [1.165, 1.54) is 18.3 Å². The van der Waals surface area contributed by atoms with Crippen LogP contribution in [0.3, 0.4) is 0 Å². The Morgan fingerprint density at radius 2 is 2.17 bits per heavy atom. The van der Waals surface area contributed by atoms with Gasteiger partial charge in [-0.3, -0.25) is 4.79 Å². The molecule has 0 saturated carbocycles. The number of piperidine rings is 1. The summed E-state index contributed by atoms with van der Waals surface area (Å²) in [5.74, 6) is 0.653. The van der Waals surface area contributed by atoms with Gasteiger partial charge in [-0.15, -0.1) is 0 Å². The maximum Gasteiger partial charge on any atom is 0.272 e. The Morgan fingerprint density at radius 1 is 1.29 bits per heavy atom. The molecule has 0 bridgehead atoms. The highest BCUT2D eigenvalue weighted by Gasteiger charge is 2.27. The minimum atomic E-state index is 0.0104. The van der Waals surface area contributed by atoms with E-state index >= 15 is 0 Å². The second-order valence-corrected chi connectivity index (χ2v) is 6.34. The lowest BCUT2D eigenvalue weighted by Gasteiger charge is -2.35. The van der Waals surface area contributed by atoms with Crippen LogP contribution in [0.15, 0.2) is 36.7 Å². The zero-order chi connectivity index (χ0) is 16.9. The summed E-state index contributed by atoms with van der Waals surface area (Å²) in [5, 5.41) is 3.25. The molecule has 5 heteroatoms. The molecule has 1 aromatic heterocycles. The number of hydrogen-bond acceptors (Lipinski definition) is 4. The number of hydrogen-bond donors (Lipinski definition) is 1. The lowest BCUT2D eigenvalue weighted by molar-refractivity contribution is 0.0602. The van der Waals surface area contributed by atoms with Crippen LogP contribution in [0.2, 0.25) is 0 Å². The summed E-state index contributed by atoms with van der Waals surface area (Å²) < 4.78 is 0. The van der Waals surface area contributed by atoms with Crippen LogP contribution in [0.1, 0.15) is 48.7 Å². The number of amides is 1. The first-order chi connectivity index (χ1) is 11.7. The Morgan fingerprint density at radius 3 is 2.96 bits per heavy atom. The Bertz CT molecular complexity index is 716. The Hall–Kier alpha value is -2.43. The van der Waals surface area contributed by atoms with Gasteiger partial charge in [-0.1, -0.05) is 19.1 Å². The van der Waals surface area contributed by atoms with Crippen molar-refractivity contribution < 1.29 is 4.79 Å². The van der Waals surface area contributed by atoms with E-state index in [9.17, 15) is 4.79 Å². The van der Waals surface area contributed by atoms with Crippen LogP contribution in [0.25, 0.3) is 0 Å². The van der Waals surface area contributed by atoms with Crippen LogP contribution in [0.4, 0.5) is 11.5 Å². The molecule has 1 N–H and O–H groups in total. The number of benzene rings is 1. The summed E-state index contributed by atoms with van der Waals surface area (Å²) in [4.78, 5) is 23.2. The molecule has 3 rings (SSSR count). The van der Waals surface area contributed by atoms with Crippen LogP contribution in [0.5, 0.6) is 0 Å². The summed E-state index contributed by atoms with van der Waals surface area (Å²) in [7, 11) is 0. The van der Waals surface area contributed by atoms with Gasteiger partial charge in [0.2, 0.25) is 0 Å². The van der Waals surface area contributed by atoms with Gasteiger partial charge < -0.3 is 10.2 Å². The highest BCUT2D eigenvalue weighted by molar-refractivity contribution is 5.93. The smallest absolute Gasteiger partial charge is 0.272 e. The highest BCUT2D eigenvalue weighted by Crippen LogP contribution is 2.22. The second-order valence-electron chi connectivity index (χ2n) is 6.34. The average Bonchev–Trinajstić information content (AvgIpc) is 2.61. The van der Waals surface area contributed by atoms with Crippen LogP contribution in [-0.2, 0) is 0 Å². The Labute approximate surface area is 143 Å². The van der Waals surface area contributed by atoms with Crippen molar-refractivity contribution in [1.29, 1.82) is 0 Å². The Kier molecular flexibility index (Phi) is 5.08. The van der Waals surface area contributed by atoms with E-state index in [0.29, 0.717) is 17.6 Å². The van der Waals surface area contributed by atoms with Gasteiger partial charge >= 0.3 is 0 Å². The molecule has 1 aliphatic rings. The molecule has 0 spiro atoms. The highest BCUT2D eigenvalue weighted by atomic mass is 16.2. The Balaban J connectivity index is 1.78. The molecule has 1 unspecified atom stereocenters. The summed E-state index contributed by atoms with van der Waals surface area (Å²) in [6.07, 6.45) is 5.80. The molecule has 1 aromatic carbocycles. The van der Waals surface area contributed by atoms with Gasteiger partial charge in [-0.2, -0.15) is 0 Å². The standard InChI is InChI=1S/C19H24N4O/c1-3-16-9-4-5-10-23(16)19(24)17-12-18(21-13-20-17)22-15-8-6-7-14(2)11-15/h6-8,11-13,16H,3-5,9-10H2,1-2H3,(H,20,21,22). The monoisotopic (exact) mass is 324 g/mol. The zero-order valence-corrected chi connectivity index (χ0v) is 14.3. The van der Waals surface area contributed by atoms with E-state index in [4.69, 9.17) is 0 Å². The number of aromatic nitrogens is 2. The van der Waals surface area contributed by atoms with Crippen LogP contribution >= 0.6 is 0 Å². The third kappa shape index (κ3) is 3.72. The van der Waals surface area contributed by atoms with E-state index in [-0.39, 0.29) is 5.91 Å². The van der Waals surface area contributed by atoms with Crippen LogP contribution in [0, 0.1) is 6.92 Å². The van der Waals surface area contributed by atoms with Gasteiger partial charge in [-0.25, -0.2) is 9.97 Å². The molecule has 126 valence electrons. The maximum absolute atomic E-state index is 12.8. The second kappa shape index (κ2) is 7.43. The first kappa shape index (κ1) is 16.4. The molecule has 1 saturated heterocycles. The average molecular weight is 324 g/mol. The predicted octanol–water partition coefficient (Wildman–Crippen LogP) is 3.93. The fraction of sp³-hybridized carbons (Fsp3) is 0.421. The predicted molar refractivity (Wildman–Crippen MR) is 95.5 cm³/mol. The minimum Gasteiger partial charge on any atom is -0.340 e. The molecule has 1 atom stereocenters. The molecule has 1 fully saturated rings. The van der Waals surface area contributed by atoms with Crippen LogP contribution < -0.4 is 5.32 Å². The number of rotatable bonds is 4. The fourth-order valence-corrected chi connectivity index (χ4v) is 3.25. The number of likely N-dealkylation sites (tertiary alicyclic amines) is 1. The van der Waals surface area contributed by atoms with Gasteiger partial charge in [0.15, 0.2) is 0 Å². The van der Waals surface area contributed by atoms with Gasteiger partial charge in [0, 0.05) is 24.3 Å². The molecular formula is C19H24N4O. The van der Waals surface area contributed by atoms with Crippen molar-refractivity contribution in [3.05, 3.63) is 47.9 Å². The normalized spacial score (nSPS) is 17.6. The summed E-state index contributed by atoms with van der Waals surface area (Å²) in [5.41, 5.74) is 2.58. The van der Waals surface area contributed by atoms with E-state index in [1.807, 2.05) is 36.1 Å². The van der Waals surface area contributed by atoms with Gasteiger partial charge in [0.05, 0.1) is 0 Å². The molecule has 0 radical (unpaired) electrons. The van der Waals surface area contributed by atoms with E-state index < -0.39 is 0 Å². The fourth-order valence-electron chi connectivity index (χ4n) is 3.25. The summed E-state index contributed by atoms with van der Waals surface area (Å²) in [6, 6.07) is 10.1. The van der Waals surface area contributed by atoms with Crippen molar-refractivity contribution >= 4 is 17.4 Å². The lowest BCUT2D eigenvalue weighted by Crippen LogP contribution is -2.43. The quantitative estimate of drug-likeness (QED) is 0.925. The van der Waals surface area contributed by atoms with Crippen molar-refractivity contribution in [3.63, 3.8) is 0 Å². The van der Waals surface area contributed by atoms with Crippen molar-refractivity contribution in [3.8, 4) is 0 Å².